The van der Waals surface area contributed by atoms with E-state index in [0.29, 0.717) is 16.5 Å². The van der Waals surface area contributed by atoms with Gasteiger partial charge in [-0.05, 0) is 30.9 Å². The Kier molecular flexibility index (Phi) is 6.90. The van der Waals surface area contributed by atoms with Crippen molar-refractivity contribution in [3.05, 3.63) is 45.7 Å². The van der Waals surface area contributed by atoms with E-state index in [4.69, 9.17) is 4.42 Å². The zero-order valence-electron chi connectivity index (χ0n) is 12.3. The van der Waals surface area contributed by atoms with Crippen molar-refractivity contribution in [2.75, 3.05) is 13.3 Å². The lowest BCUT2D eigenvalue weighted by Crippen LogP contribution is -2.39. The molecule has 0 aliphatic carbocycles. The summed E-state index contributed by atoms with van der Waals surface area (Å²) in [6.45, 7) is 1.74. The molecule has 22 heavy (non-hydrogen) atoms. The normalized spacial score (nSPS) is 12.5. The quantitative estimate of drug-likeness (QED) is 0.219. The van der Waals surface area contributed by atoms with Crippen molar-refractivity contribution >= 4 is 34.8 Å². The second-order valence-corrected chi connectivity index (χ2v) is 4.80. The predicted molar refractivity (Wildman–Crippen MR) is 86.3 cm³/mol. The summed E-state index contributed by atoms with van der Waals surface area (Å²) in [6, 6.07) is 2.76. The highest BCUT2D eigenvalue weighted by atomic mass is 32.2. The van der Waals surface area contributed by atoms with E-state index in [1.807, 2.05) is 6.26 Å². The first kappa shape index (κ1) is 17.5. The summed E-state index contributed by atoms with van der Waals surface area (Å²) >= 11 is 1.36. The van der Waals surface area contributed by atoms with Gasteiger partial charge in [0.1, 0.15) is 10.7 Å². The van der Waals surface area contributed by atoms with Crippen LogP contribution in [0.1, 0.15) is 12.7 Å². The standard InChI is InChI=1S/C13H16N4O4S/c1-9(8-10-5-7-12(21-10)17(19)20)4-6-11(18)15-16-13(14-2)22-3/h4-8H,1-3H3,(H,14,16)(H,15,18). The third-order valence-corrected chi connectivity index (χ3v) is 3.02. The number of nitro groups is 1. The molecule has 9 heteroatoms. The number of carbonyl (C=O) groups is 1. The number of amidine groups is 1. The second-order valence-electron chi connectivity index (χ2n) is 4.00. The molecule has 0 saturated heterocycles. The lowest BCUT2D eigenvalue weighted by molar-refractivity contribution is -0.402. The molecule has 0 aliphatic rings. The fourth-order valence-corrected chi connectivity index (χ4v) is 1.69. The van der Waals surface area contributed by atoms with Crippen LogP contribution in [0, 0.1) is 10.1 Å². The van der Waals surface area contributed by atoms with E-state index < -0.39 is 4.92 Å². The molecule has 0 aliphatic heterocycles. The van der Waals surface area contributed by atoms with Crippen LogP contribution >= 0.6 is 11.8 Å². The number of rotatable bonds is 4. The molecular formula is C13H16N4O4S. The Morgan fingerprint density at radius 2 is 2.14 bits per heavy atom. The Morgan fingerprint density at radius 1 is 1.41 bits per heavy atom. The summed E-state index contributed by atoms with van der Waals surface area (Å²) in [5, 5.41) is 11.1. The number of furan rings is 1. The van der Waals surface area contributed by atoms with Gasteiger partial charge in [-0.2, -0.15) is 0 Å². The number of thioether (sulfide) groups is 1. The van der Waals surface area contributed by atoms with Crippen LogP contribution in [-0.4, -0.2) is 29.3 Å². The van der Waals surface area contributed by atoms with Crippen molar-refractivity contribution in [1.82, 2.24) is 10.9 Å². The number of amides is 1. The third-order valence-electron chi connectivity index (χ3n) is 2.35. The summed E-state index contributed by atoms with van der Waals surface area (Å²) in [6.07, 6.45) is 6.30. The van der Waals surface area contributed by atoms with E-state index in [-0.39, 0.29) is 11.8 Å². The molecule has 0 aromatic carbocycles. The van der Waals surface area contributed by atoms with Crippen LogP contribution in [0.15, 0.2) is 39.3 Å². The summed E-state index contributed by atoms with van der Waals surface area (Å²) < 4.78 is 4.99. The first-order valence-electron chi connectivity index (χ1n) is 6.13. The Hall–Kier alpha value is -2.55. The fourth-order valence-electron chi connectivity index (χ4n) is 1.35. The first-order chi connectivity index (χ1) is 10.5. The molecule has 118 valence electrons. The highest BCUT2D eigenvalue weighted by Gasteiger charge is 2.10. The van der Waals surface area contributed by atoms with Crippen molar-refractivity contribution in [2.45, 2.75) is 6.92 Å². The molecule has 0 bridgehead atoms. The first-order valence-corrected chi connectivity index (χ1v) is 7.36. The number of aliphatic imine (C=N–C) groups is 1. The van der Waals surface area contributed by atoms with Gasteiger partial charge in [-0.25, -0.2) is 0 Å². The van der Waals surface area contributed by atoms with Gasteiger partial charge < -0.3 is 4.42 Å². The number of nitrogens with one attached hydrogen (secondary N) is 2. The molecular weight excluding hydrogens is 308 g/mol. The predicted octanol–water partition coefficient (Wildman–Crippen LogP) is 2.12. The van der Waals surface area contributed by atoms with Crippen molar-refractivity contribution < 1.29 is 14.1 Å². The fraction of sp³-hybridized carbons (Fsp3) is 0.231. The zero-order valence-corrected chi connectivity index (χ0v) is 13.1. The number of allylic oxidation sites excluding steroid dienone is 2. The molecule has 2 N–H and O–H groups in total. The van der Waals surface area contributed by atoms with Gasteiger partial charge in [0.15, 0.2) is 5.17 Å². The Labute approximate surface area is 131 Å². The van der Waals surface area contributed by atoms with Gasteiger partial charge in [0.05, 0.1) is 6.07 Å². The third kappa shape index (κ3) is 5.83. The summed E-state index contributed by atoms with van der Waals surface area (Å²) in [5.74, 6) is -0.336. The van der Waals surface area contributed by atoms with Gasteiger partial charge in [0.25, 0.3) is 5.91 Å². The van der Waals surface area contributed by atoms with Gasteiger partial charge in [-0.1, -0.05) is 17.8 Å². The molecule has 1 aromatic heterocycles. The van der Waals surface area contributed by atoms with Gasteiger partial charge in [-0.3, -0.25) is 30.8 Å². The van der Waals surface area contributed by atoms with Crippen LogP contribution in [-0.2, 0) is 4.79 Å². The SMILES string of the molecule is CN=C(NNC(=O)C=CC(C)=Cc1ccc([N+](=O)[O-])o1)SC. The van der Waals surface area contributed by atoms with Crippen molar-refractivity contribution in [1.29, 1.82) is 0 Å². The maximum Gasteiger partial charge on any atom is 0.433 e. The largest absolute Gasteiger partial charge is 0.433 e. The minimum Gasteiger partial charge on any atom is -0.401 e. The molecule has 0 spiro atoms. The lowest BCUT2D eigenvalue weighted by atomic mass is 10.2. The number of nitrogens with zero attached hydrogens (tertiary/aromatic N) is 2. The Bertz CT molecular complexity index is 634. The molecule has 1 rings (SSSR count). The highest BCUT2D eigenvalue weighted by Crippen LogP contribution is 2.18. The van der Waals surface area contributed by atoms with E-state index in [2.05, 4.69) is 15.8 Å². The average molecular weight is 324 g/mol. The van der Waals surface area contributed by atoms with E-state index in [1.165, 1.54) is 30.0 Å². The zero-order chi connectivity index (χ0) is 16.5. The average Bonchev–Trinajstić information content (AvgIpc) is 2.95. The van der Waals surface area contributed by atoms with Crippen LogP contribution in [0.25, 0.3) is 6.08 Å². The van der Waals surface area contributed by atoms with Gasteiger partial charge in [0.2, 0.25) is 0 Å². The molecule has 1 heterocycles. The van der Waals surface area contributed by atoms with Crippen molar-refractivity contribution in [2.24, 2.45) is 4.99 Å². The number of hydrogen-bond acceptors (Lipinski definition) is 6. The lowest BCUT2D eigenvalue weighted by Gasteiger charge is -2.05. The minimum absolute atomic E-state index is 0.326. The monoisotopic (exact) mass is 324 g/mol. The smallest absolute Gasteiger partial charge is 0.401 e. The Morgan fingerprint density at radius 3 is 2.68 bits per heavy atom. The van der Waals surface area contributed by atoms with Crippen LogP contribution in [0.2, 0.25) is 0 Å². The van der Waals surface area contributed by atoms with Crippen molar-refractivity contribution in [3.8, 4) is 0 Å². The molecule has 0 atom stereocenters. The van der Waals surface area contributed by atoms with E-state index in [0.717, 1.165) is 0 Å². The molecule has 1 aromatic rings. The maximum absolute atomic E-state index is 11.6. The summed E-state index contributed by atoms with van der Waals surface area (Å²) in [5.41, 5.74) is 5.82. The molecule has 0 saturated carbocycles. The number of hydrazine groups is 1. The number of hydrogen-bond donors (Lipinski definition) is 2. The maximum atomic E-state index is 11.6. The molecule has 1 amide bonds. The highest BCUT2D eigenvalue weighted by molar-refractivity contribution is 8.13. The molecule has 0 radical (unpaired) electrons. The topological polar surface area (TPSA) is 110 Å². The summed E-state index contributed by atoms with van der Waals surface area (Å²) in [4.78, 5) is 25.3. The van der Waals surface area contributed by atoms with E-state index in [9.17, 15) is 14.9 Å². The van der Waals surface area contributed by atoms with Crippen LogP contribution in [0.5, 0.6) is 0 Å². The molecule has 0 unspecified atom stereocenters. The van der Waals surface area contributed by atoms with Crippen LogP contribution in [0.4, 0.5) is 5.88 Å². The van der Waals surface area contributed by atoms with Gasteiger partial charge in [-0.15, -0.1) is 0 Å². The summed E-state index contributed by atoms with van der Waals surface area (Å²) in [7, 11) is 1.61. The van der Waals surface area contributed by atoms with Gasteiger partial charge in [0, 0.05) is 13.1 Å². The second kappa shape index (κ2) is 8.67. The molecule has 0 fully saturated rings. The van der Waals surface area contributed by atoms with Crippen LogP contribution < -0.4 is 10.9 Å². The van der Waals surface area contributed by atoms with Crippen molar-refractivity contribution in [3.63, 3.8) is 0 Å². The van der Waals surface area contributed by atoms with E-state index in [1.54, 1.807) is 26.1 Å². The van der Waals surface area contributed by atoms with Gasteiger partial charge >= 0.3 is 5.88 Å². The molecule has 8 nitrogen and oxygen atoms in total. The number of carbonyl (C=O) groups excluding carboxylic acids is 1. The van der Waals surface area contributed by atoms with Crippen LogP contribution in [0.3, 0.4) is 0 Å². The Balaban J connectivity index is 2.58. The van der Waals surface area contributed by atoms with E-state index >= 15 is 0 Å². The minimum atomic E-state index is -0.611.